The number of aliphatic hydroxyl groups is 4. The Hall–Kier alpha value is -3.38. The van der Waals surface area contributed by atoms with Gasteiger partial charge in [-0.25, -0.2) is 0 Å². The Bertz CT molecular complexity index is 1280. The van der Waals surface area contributed by atoms with Crippen LogP contribution in [0.1, 0.15) is 142 Å². The van der Waals surface area contributed by atoms with Crippen LogP contribution in [-0.2, 0) is 28.5 Å². The molecule has 0 aromatic carbocycles. The first-order valence-electron chi connectivity index (χ1n) is 22.3. The zero-order valence-corrected chi connectivity index (χ0v) is 36.2. The molecule has 10 nitrogen and oxygen atoms in total. The minimum absolute atomic E-state index is 0.180. The van der Waals surface area contributed by atoms with Crippen molar-refractivity contribution < 1.29 is 49.0 Å². The Morgan fingerprint density at radius 3 is 1.44 bits per heavy atom. The van der Waals surface area contributed by atoms with E-state index in [0.29, 0.717) is 12.8 Å². The van der Waals surface area contributed by atoms with Crippen LogP contribution in [0.4, 0.5) is 0 Å². The number of esters is 2. The third-order valence-corrected chi connectivity index (χ3v) is 9.46. The molecular formula is C49H78O10. The summed E-state index contributed by atoms with van der Waals surface area (Å²) in [7, 11) is 0. The summed E-state index contributed by atoms with van der Waals surface area (Å²) in [6, 6.07) is 0. The van der Waals surface area contributed by atoms with Gasteiger partial charge in [0.25, 0.3) is 0 Å². The second-order valence-electron chi connectivity index (χ2n) is 14.7. The van der Waals surface area contributed by atoms with E-state index in [1.165, 1.54) is 0 Å². The van der Waals surface area contributed by atoms with E-state index < -0.39 is 55.4 Å². The van der Waals surface area contributed by atoms with E-state index in [2.05, 4.69) is 111 Å². The van der Waals surface area contributed by atoms with Crippen molar-refractivity contribution in [3.63, 3.8) is 0 Å². The third-order valence-electron chi connectivity index (χ3n) is 9.46. The van der Waals surface area contributed by atoms with Gasteiger partial charge in [0.2, 0.25) is 0 Å². The van der Waals surface area contributed by atoms with Crippen LogP contribution in [0.15, 0.2) is 97.2 Å². The number of ether oxygens (including phenoxy) is 4. The van der Waals surface area contributed by atoms with E-state index in [0.717, 1.165) is 103 Å². The van der Waals surface area contributed by atoms with Gasteiger partial charge in [0.15, 0.2) is 12.4 Å². The van der Waals surface area contributed by atoms with Crippen molar-refractivity contribution in [3.8, 4) is 0 Å². The van der Waals surface area contributed by atoms with Crippen molar-refractivity contribution in [2.24, 2.45) is 0 Å². The summed E-state index contributed by atoms with van der Waals surface area (Å²) in [4.78, 5) is 25.3. The van der Waals surface area contributed by atoms with Gasteiger partial charge in [0.1, 0.15) is 31.0 Å². The first-order valence-corrected chi connectivity index (χ1v) is 22.3. The maximum atomic E-state index is 12.8. The first-order chi connectivity index (χ1) is 28.8. The summed E-state index contributed by atoms with van der Waals surface area (Å²) in [6.07, 6.45) is 44.1. The number of aliphatic hydroxyl groups excluding tert-OH is 4. The monoisotopic (exact) mass is 827 g/mol. The number of hydrogen-bond donors (Lipinski definition) is 4. The highest BCUT2D eigenvalue weighted by Gasteiger charge is 2.44. The average Bonchev–Trinajstić information content (AvgIpc) is 3.23. The topological polar surface area (TPSA) is 152 Å². The Morgan fingerprint density at radius 2 is 0.949 bits per heavy atom. The lowest BCUT2D eigenvalue weighted by Gasteiger charge is -2.39. The summed E-state index contributed by atoms with van der Waals surface area (Å²) in [5.41, 5.74) is 0. The zero-order chi connectivity index (χ0) is 43.0. The predicted molar refractivity (Wildman–Crippen MR) is 237 cm³/mol. The number of carbonyl (C=O) groups excluding carboxylic acids is 2. The molecule has 0 saturated carbocycles. The maximum absolute atomic E-state index is 12.8. The van der Waals surface area contributed by atoms with Gasteiger partial charge in [-0.1, -0.05) is 137 Å². The number of rotatable bonds is 35. The first kappa shape index (κ1) is 53.6. The molecule has 0 bridgehead atoms. The lowest BCUT2D eigenvalue weighted by Crippen LogP contribution is -2.59. The fourth-order valence-corrected chi connectivity index (χ4v) is 5.99. The van der Waals surface area contributed by atoms with Gasteiger partial charge < -0.3 is 39.4 Å². The lowest BCUT2D eigenvalue weighted by atomic mass is 9.99. The van der Waals surface area contributed by atoms with Gasteiger partial charge >= 0.3 is 11.9 Å². The molecule has 0 amide bonds. The molecule has 334 valence electrons. The Kier molecular flexibility index (Phi) is 35.3. The second-order valence-corrected chi connectivity index (χ2v) is 14.7. The number of unbranched alkanes of at least 4 members (excludes halogenated alkanes) is 8. The molecule has 6 unspecified atom stereocenters. The molecule has 0 radical (unpaired) electrons. The third kappa shape index (κ3) is 30.3. The molecule has 0 aromatic rings. The van der Waals surface area contributed by atoms with Crippen LogP contribution in [0.5, 0.6) is 0 Å². The molecule has 1 aliphatic heterocycles. The SMILES string of the molecule is CC/C=C\C/C=C\C/C=C\C/C=C\C/C=C\CCCCCC(=O)OC(COC(=O)CCCCCCC/C=C\C/C=C\C/C=C\CC)COC1OC(CO)C(O)C(O)C1O. The molecule has 6 atom stereocenters. The molecule has 10 heteroatoms. The molecule has 0 aliphatic carbocycles. The minimum atomic E-state index is -1.61. The lowest BCUT2D eigenvalue weighted by molar-refractivity contribution is -0.305. The minimum Gasteiger partial charge on any atom is -0.462 e. The molecule has 1 saturated heterocycles. The Balaban J connectivity index is 2.39. The van der Waals surface area contributed by atoms with Crippen LogP contribution in [-0.4, -0.2) is 89.0 Å². The maximum Gasteiger partial charge on any atom is 0.306 e. The van der Waals surface area contributed by atoms with Crippen molar-refractivity contribution in [2.45, 2.75) is 179 Å². The predicted octanol–water partition coefficient (Wildman–Crippen LogP) is 9.55. The highest BCUT2D eigenvalue weighted by Crippen LogP contribution is 2.22. The van der Waals surface area contributed by atoms with Gasteiger partial charge in [-0.3, -0.25) is 9.59 Å². The molecule has 1 heterocycles. The number of carbonyl (C=O) groups is 2. The highest BCUT2D eigenvalue weighted by atomic mass is 16.7. The summed E-state index contributed by atoms with van der Waals surface area (Å²) >= 11 is 0. The van der Waals surface area contributed by atoms with Crippen LogP contribution in [0.25, 0.3) is 0 Å². The van der Waals surface area contributed by atoms with E-state index in [-0.39, 0.29) is 26.1 Å². The molecule has 1 fully saturated rings. The van der Waals surface area contributed by atoms with Gasteiger partial charge in [-0.15, -0.1) is 0 Å². The van der Waals surface area contributed by atoms with E-state index in [4.69, 9.17) is 18.9 Å². The van der Waals surface area contributed by atoms with E-state index >= 15 is 0 Å². The largest absolute Gasteiger partial charge is 0.462 e. The van der Waals surface area contributed by atoms with Crippen LogP contribution in [0.3, 0.4) is 0 Å². The van der Waals surface area contributed by atoms with Crippen molar-refractivity contribution in [3.05, 3.63) is 97.2 Å². The van der Waals surface area contributed by atoms with Crippen molar-refractivity contribution in [1.82, 2.24) is 0 Å². The van der Waals surface area contributed by atoms with Gasteiger partial charge in [0, 0.05) is 12.8 Å². The summed E-state index contributed by atoms with van der Waals surface area (Å²) < 4.78 is 22.1. The average molecular weight is 827 g/mol. The molecule has 0 spiro atoms. The number of allylic oxidation sites excluding steroid dienone is 16. The summed E-state index contributed by atoms with van der Waals surface area (Å²) in [6.45, 7) is 3.12. The second kappa shape index (κ2) is 38.8. The molecule has 4 N–H and O–H groups in total. The number of hydrogen-bond acceptors (Lipinski definition) is 10. The van der Waals surface area contributed by atoms with Crippen molar-refractivity contribution >= 4 is 11.9 Å². The van der Waals surface area contributed by atoms with E-state index in [9.17, 15) is 30.0 Å². The van der Waals surface area contributed by atoms with E-state index in [1.807, 2.05) is 0 Å². The van der Waals surface area contributed by atoms with Gasteiger partial charge in [-0.05, 0) is 89.9 Å². The van der Waals surface area contributed by atoms with E-state index in [1.54, 1.807) is 0 Å². The molecule has 59 heavy (non-hydrogen) atoms. The summed E-state index contributed by atoms with van der Waals surface area (Å²) in [5.74, 6) is -0.875. The fourth-order valence-electron chi connectivity index (χ4n) is 5.99. The highest BCUT2D eigenvalue weighted by molar-refractivity contribution is 5.70. The molecule has 0 aromatic heterocycles. The van der Waals surface area contributed by atoms with Crippen molar-refractivity contribution in [2.75, 3.05) is 19.8 Å². The molecule has 1 rings (SSSR count). The Morgan fingerprint density at radius 1 is 0.525 bits per heavy atom. The van der Waals surface area contributed by atoms with Crippen molar-refractivity contribution in [1.29, 1.82) is 0 Å². The molecule has 1 aliphatic rings. The normalized spacial score (nSPS) is 20.9. The van der Waals surface area contributed by atoms with Gasteiger partial charge in [-0.2, -0.15) is 0 Å². The standard InChI is InChI=1S/C49H78O10/c1-3-5-7-9-11-13-15-17-19-20-21-22-24-26-28-30-32-34-36-38-45(52)58-42(41-57-49-48(55)47(54)46(53)43(39-50)59-49)40-56-44(51)37-35-33-31-29-27-25-23-18-16-14-12-10-8-6-4-2/h5-8,11-14,17-19,21-23,26,28,42-43,46-50,53-55H,3-4,9-10,15-16,20,24-25,27,29-41H2,1-2H3/b7-5-,8-6-,13-11-,14-12-,19-17-,22-21-,23-18-,28-26-. The quantitative estimate of drug-likeness (QED) is 0.0276. The van der Waals surface area contributed by atoms with Crippen LogP contribution in [0.2, 0.25) is 0 Å². The van der Waals surface area contributed by atoms with Crippen LogP contribution < -0.4 is 0 Å². The fraction of sp³-hybridized carbons (Fsp3) is 0.633. The van der Waals surface area contributed by atoms with Crippen LogP contribution >= 0.6 is 0 Å². The molecular weight excluding hydrogens is 749 g/mol. The Labute approximate surface area is 356 Å². The van der Waals surface area contributed by atoms with Crippen LogP contribution in [0, 0.1) is 0 Å². The summed E-state index contributed by atoms with van der Waals surface area (Å²) in [5, 5.41) is 40.1. The van der Waals surface area contributed by atoms with Gasteiger partial charge in [0.05, 0.1) is 13.2 Å². The zero-order valence-electron chi connectivity index (χ0n) is 36.2. The smallest absolute Gasteiger partial charge is 0.306 e.